The van der Waals surface area contributed by atoms with Gasteiger partial charge in [0.1, 0.15) is 5.78 Å². The standard InChI is InChI=1S/C15H28N2O/c1-13(11-14(2)18)17-9-5-15(6-10-17)12-16-7-3-4-8-16/h13,15H,3-12H2,1-2H3. The lowest BCUT2D eigenvalue weighted by Gasteiger charge is -2.37. The lowest BCUT2D eigenvalue weighted by atomic mass is 9.94. The van der Waals surface area contributed by atoms with Crippen molar-refractivity contribution in [2.75, 3.05) is 32.7 Å². The van der Waals surface area contributed by atoms with Gasteiger partial charge in [0.15, 0.2) is 0 Å². The molecule has 3 heteroatoms. The lowest BCUT2D eigenvalue weighted by Crippen LogP contribution is -2.42. The Hall–Kier alpha value is -0.410. The van der Waals surface area contributed by atoms with Crippen LogP contribution in [0.2, 0.25) is 0 Å². The van der Waals surface area contributed by atoms with Crippen molar-refractivity contribution in [2.45, 2.75) is 52.0 Å². The molecule has 1 unspecified atom stereocenters. The van der Waals surface area contributed by atoms with Gasteiger partial charge in [0.25, 0.3) is 0 Å². The molecule has 2 aliphatic heterocycles. The number of Topliss-reactive ketones (excluding diaryl/α,β-unsaturated/α-hetero) is 1. The van der Waals surface area contributed by atoms with Gasteiger partial charge < -0.3 is 9.80 Å². The Bertz CT molecular complexity index is 266. The number of rotatable bonds is 5. The molecule has 3 nitrogen and oxygen atoms in total. The second-order valence-corrected chi connectivity index (χ2v) is 6.24. The molecule has 2 heterocycles. The van der Waals surface area contributed by atoms with E-state index in [1.54, 1.807) is 6.92 Å². The summed E-state index contributed by atoms with van der Waals surface area (Å²) >= 11 is 0. The van der Waals surface area contributed by atoms with Gasteiger partial charge in [-0.05, 0) is 71.6 Å². The van der Waals surface area contributed by atoms with Gasteiger partial charge >= 0.3 is 0 Å². The van der Waals surface area contributed by atoms with E-state index in [-0.39, 0.29) is 0 Å². The van der Waals surface area contributed by atoms with Gasteiger partial charge in [-0.25, -0.2) is 0 Å². The van der Waals surface area contributed by atoms with Crippen molar-refractivity contribution in [3.05, 3.63) is 0 Å². The van der Waals surface area contributed by atoms with E-state index in [1.165, 1.54) is 58.4 Å². The summed E-state index contributed by atoms with van der Waals surface area (Å²) in [6.45, 7) is 10.2. The van der Waals surface area contributed by atoms with Crippen LogP contribution in [0.15, 0.2) is 0 Å². The number of carbonyl (C=O) groups excluding carboxylic acids is 1. The lowest BCUT2D eigenvalue weighted by molar-refractivity contribution is -0.118. The van der Waals surface area contributed by atoms with Crippen LogP contribution >= 0.6 is 0 Å². The van der Waals surface area contributed by atoms with E-state index < -0.39 is 0 Å². The average molecular weight is 252 g/mol. The first-order chi connectivity index (χ1) is 8.65. The summed E-state index contributed by atoms with van der Waals surface area (Å²) in [5.74, 6) is 1.21. The first-order valence-electron chi connectivity index (χ1n) is 7.61. The molecular formula is C15H28N2O. The zero-order chi connectivity index (χ0) is 13.0. The Balaban J connectivity index is 1.68. The molecule has 2 fully saturated rings. The van der Waals surface area contributed by atoms with Gasteiger partial charge in [0, 0.05) is 19.0 Å². The van der Waals surface area contributed by atoms with Gasteiger partial charge in [-0.15, -0.1) is 0 Å². The Kier molecular flexibility index (Phi) is 5.19. The van der Waals surface area contributed by atoms with Crippen LogP contribution < -0.4 is 0 Å². The van der Waals surface area contributed by atoms with Crippen LogP contribution in [-0.4, -0.2) is 54.3 Å². The molecule has 0 radical (unpaired) electrons. The van der Waals surface area contributed by atoms with Gasteiger partial charge in [-0.2, -0.15) is 0 Å². The molecule has 0 spiro atoms. The molecule has 0 aliphatic carbocycles. The van der Waals surface area contributed by atoms with Gasteiger partial charge in [0.05, 0.1) is 0 Å². The highest BCUT2D eigenvalue weighted by molar-refractivity contribution is 5.76. The maximum atomic E-state index is 11.2. The monoisotopic (exact) mass is 252 g/mol. The largest absolute Gasteiger partial charge is 0.303 e. The van der Waals surface area contributed by atoms with Gasteiger partial charge in [-0.3, -0.25) is 4.79 Å². The summed E-state index contributed by atoms with van der Waals surface area (Å²) in [5, 5.41) is 0. The molecule has 104 valence electrons. The number of carbonyl (C=O) groups is 1. The van der Waals surface area contributed by atoms with E-state index in [0.717, 1.165) is 12.3 Å². The number of piperidine rings is 1. The second-order valence-electron chi connectivity index (χ2n) is 6.24. The van der Waals surface area contributed by atoms with Crippen molar-refractivity contribution in [3.63, 3.8) is 0 Å². The van der Waals surface area contributed by atoms with E-state index in [9.17, 15) is 4.79 Å². The van der Waals surface area contributed by atoms with Crippen molar-refractivity contribution in [3.8, 4) is 0 Å². The highest BCUT2D eigenvalue weighted by atomic mass is 16.1. The second kappa shape index (κ2) is 6.67. The summed E-state index contributed by atoms with van der Waals surface area (Å²) in [5.41, 5.74) is 0. The maximum Gasteiger partial charge on any atom is 0.131 e. The zero-order valence-electron chi connectivity index (χ0n) is 12.0. The third-order valence-electron chi connectivity index (χ3n) is 4.57. The van der Waals surface area contributed by atoms with Crippen molar-refractivity contribution in [1.82, 2.24) is 9.80 Å². The molecule has 0 saturated carbocycles. The Morgan fingerprint density at radius 2 is 1.78 bits per heavy atom. The van der Waals surface area contributed by atoms with E-state index in [0.29, 0.717) is 11.8 Å². The molecular weight excluding hydrogens is 224 g/mol. The molecule has 0 aromatic heterocycles. The third-order valence-corrected chi connectivity index (χ3v) is 4.57. The molecule has 0 bridgehead atoms. The van der Waals surface area contributed by atoms with E-state index >= 15 is 0 Å². The van der Waals surface area contributed by atoms with Crippen LogP contribution in [0.25, 0.3) is 0 Å². The predicted octanol–water partition coefficient (Wildman–Crippen LogP) is 2.16. The molecule has 18 heavy (non-hydrogen) atoms. The van der Waals surface area contributed by atoms with Crippen LogP contribution in [0, 0.1) is 5.92 Å². The fraction of sp³-hybridized carbons (Fsp3) is 0.933. The maximum absolute atomic E-state index is 11.2. The van der Waals surface area contributed by atoms with Crippen molar-refractivity contribution >= 4 is 5.78 Å². The fourth-order valence-corrected chi connectivity index (χ4v) is 3.45. The van der Waals surface area contributed by atoms with Gasteiger partial charge in [-0.1, -0.05) is 0 Å². The van der Waals surface area contributed by atoms with Crippen molar-refractivity contribution < 1.29 is 4.79 Å². The summed E-state index contributed by atoms with van der Waals surface area (Å²) < 4.78 is 0. The SMILES string of the molecule is CC(=O)CC(C)N1CCC(CN2CCCC2)CC1. The van der Waals surface area contributed by atoms with Crippen molar-refractivity contribution in [2.24, 2.45) is 5.92 Å². The van der Waals surface area contributed by atoms with Crippen LogP contribution in [0.3, 0.4) is 0 Å². The summed E-state index contributed by atoms with van der Waals surface area (Å²) in [6.07, 6.45) is 6.15. The number of ketones is 1. The van der Waals surface area contributed by atoms with E-state index in [1.807, 2.05) is 0 Å². The fourth-order valence-electron chi connectivity index (χ4n) is 3.45. The first kappa shape index (κ1) is 14.0. The first-order valence-corrected chi connectivity index (χ1v) is 7.61. The molecule has 0 amide bonds. The molecule has 1 atom stereocenters. The van der Waals surface area contributed by atoms with E-state index in [4.69, 9.17) is 0 Å². The minimum Gasteiger partial charge on any atom is -0.303 e. The highest BCUT2D eigenvalue weighted by Gasteiger charge is 2.25. The minimum absolute atomic E-state index is 0.321. The van der Waals surface area contributed by atoms with Crippen molar-refractivity contribution in [1.29, 1.82) is 0 Å². The third kappa shape index (κ3) is 4.06. The smallest absolute Gasteiger partial charge is 0.131 e. The quantitative estimate of drug-likeness (QED) is 0.749. The normalized spacial score (nSPS) is 25.4. The predicted molar refractivity (Wildman–Crippen MR) is 74.7 cm³/mol. The van der Waals surface area contributed by atoms with Crippen LogP contribution in [0.1, 0.15) is 46.0 Å². The van der Waals surface area contributed by atoms with Gasteiger partial charge in [0.2, 0.25) is 0 Å². The highest BCUT2D eigenvalue weighted by Crippen LogP contribution is 2.22. The zero-order valence-corrected chi connectivity index (χ0v) is 12.0. The summed E-state index contributed by atoms with van der Waals surface area (Å²) in [7, 11) is 0. The molecule has 0 aromatic rings. The minimum atomic E-state index is 0.321. The van der Waals surface area contributed by atoms with Crippen LogP contribution in [0.4, 0.5) is 0 Å². The van der Waals surface area contributed by atoms with Crippen LogP contribution in [0.5, 0.6) is 0 Å². The molecule has 0 aromatic carbocycles. The summed E-state index contributed by atoms with van der Waals surface area (Å²) in [4.78, 5) is 16.3. The van der Waals surface area contributed by atoms with Crippen LogP contribution in [-0.2, 0) is 4.79 Å². The molecule has 2 aliphatic rings. The average Bonchev–Trinajstić information content (AvgIpc) is 2.82. The number of hydrogen-bond acceptors (Lipinski definition) is 3. The molecule has 2 rings (SSSR count). The molecule has 2 saturated heterocycles. The Morgan fingerprint density at radius 3 is 2.33 bits per heavy atom. The van der Waals surface area contributed by atoms with E-state index in [2.05, 4.69) is 16.7 Å². The number of nitrogens with zero attached hydrogens (tertiary/aromatic N) is 2. The Labute approximate surface area is 112 Å². The Morgan fingerprint density at radius 1 is 1.17 bits per heavy atom. The summed E-state index contributed by atoms with van der Waals surface area (Å²) in [6, 6.07) is 0.440. The number of likely N-dealkylation sites (tertiary alicyclic amines) is 2. The number of hydrogen-bond donors (Lipinski definition) is 0. The molecule has 0 N–H and O–H groups in total. The topological polar surface area (TPSA) is 23.6 Å².